The summed E-state index contributed by atoms with van der Waals surface area (Å²) in [6.07, 6.45) is 0. The van der Waals surface area contributed by atoms with Gasteiger partial charge in [-0.1, -0.05) is 42.1 Å². The number of furan rings is 1. The number of thioether (sulfide) groups is 1. The average molecular weight is 384 g/mol. The van der Waals surface area contributed by atoms with Gasteiger partial charge in [0.15, 0.2) is 5.16 Å². The molecule has 0 unspecified atom stereocenters. The molecule has 1 aromatic carbocycles. The molecular formula is C18H12N2O4S2. The van der Waals surface area contributed by atoms with Crippen LogP contribution < -0.4 is 5.56 Å². The van der Waals surface area contributed by atoms with Crippen molar-refractivity contribution in [1.29, 1.82) is 0 Å². The molecule has 0 aliphatic carbocycles. The Kier molecular flexibility index (Phi) is 4.36. The second-order valence-corrected chi connectivity index (χ2v) is 7.25. The Hall–Kier alpha value is -2.84. The molecule has 0 aliphatic heterocycles. The second-order valence-electron chi connectivity index (χ2n) is 5.43. The smallest absolute Gasteiger partial charge is 0.371 e. The molecule has 6 nitrogen and oxygen atoms in total. The van der Waals surface area contributed by atoms with Crippen LogP contribution >= 0.6 is 23.1 Å². The molecule has 0 radical (unpaired) electrons. The molecule has 0 spiro atoms. The van der Waals surface area contributed by atoms with Gasteiger partial charge in [-0.3, -0.25) is 4.79 Å². The van der Waals surface area contributed by atoms with Crippen molar-refractivity contribution in [2.75, 3.05) is 0 Å². The third-order valence-electron chi connectivity index (χ3n) is 3.73. The van der Waals surface area contributed by atoms with Gasteiger partial charge in [0.2, 0.25) is 5.76 Å². The molecule has 0 aliphatic rings. The zero-order valence-electron chi connectivity index (χ0n) is 13.3. The topological polar surface area (TPSA) is 96.2 Å². The SMILES string of the molecule is O=C(O)c1ccc(CSc2nc3scc(-c4ccccc4)c3c(=O)[nH]2)o1. The molecule has 8 heteroatoms. The van der Waals surface area contributed by atoms with Gasteiger partial charge < -0.3 is 14.5 Å². The van der Waals surface area contributed by atoms with Crippen LogP contribution in [0.15, 0.2) is 62.2 Å². The molecular weight excluding hydrogens is 372 g/mol. The number of H-pyrrole nitrogens is 1. The average Bonchev–Trinajstić information content (AvgIpc) is 3.28. The van der Waals surface area contributed by atoms with Crippen LogP contribution in [0.25, 0.3) is 21.3 Å². The minimum absolute atomic E-state index is 0.108. The van der Waals surface area contributed by atoms with Gasteiger partial charge in [-0.05, 0) is 17.7 Å². The number of benzene rings is 1. The fourth-order valence-electron chi connectivity index (χ4n) is 2.54. The van der Waals surface area contributed by atoms with Crippen molar-refractivity contribution in [3.8, 4) is 11.1 Å². The number of thiophene rings is 1. The van der Waals surface area contributed by atoms with Gasteiger partial charge in [0.05, 0.1) is 11.1 Å². The van der Waals surface area contributed by atoms with E-state index in [-0.39, 0.29) is 11.3 Å². The van der Waals surface area contributed by atoms with E-state index in [1.165, 1.54) is 29.2 Å². The van der Waals surface area contributed by atoms with Gasteiger partial charge >= 0.3 is 5.97 Å². The summed E-state index contributed by atoms with van der Waals surface area (Å²) in [6, 6.07) is 12.7. The van der Waals surface area contributed by atoms with Crippen LogP contribution in [0.3, 0.4) is 0 Å². The molecule has 0 saturated carbocycles. The highest BCUT2D eigenvalue weighted by molar-refractivity contribution is 7.98. The van der Waals surface area contributed by atoms with E-state index in [9.17, 15) is 9.59 Å². The number of aromatic carboxylic acids is 1. The van der Waals surface area contributed by atoms with E-state index in [1.54, 1.807) is 6.07 Å². The summed E-state index contributed by atoms with van der Waals surface area (Å²) in [4.78, 5) is 31.4. The summed E-state index contributed by atoms with van der Waals surface area (Å²) in [5.74, 6) is -0.339. The first-order chi connectivity index (χ1) is 12.6. The maximum Gasteiger partial charge on any atom is 0.371 e. The van der Waals surface area contributed by atoms with Crippen molar-refractivity contribution in [3.63, 3.8) is 0 Å². The van der Waals surface area contributed by atoms with Gasteiger partial charge in [-0.2, -0.15) is 0 Å². The summed E-state index contributed by atoms with van der Waals surface area (Å²) in [7, 11) is 0. The van der Waals surface area contributed by atoms with E-state index in [1.807, 2.05) is 35.7 Å². The first-order valence-electron chi connectivity index (χ1n) is 7.63. The lowest BCUT2D eigenvalue weighted by Gasteiger charge is -2.01. The number of hydrogen-bond donors (Lipinski definition) is 2. The summed E-state index contributed by atoms with van der Waals surface area (Å²) in [5, 5.41) is 11.9. The van der Waals surface area contributed by atoms with Crippen molar-refractivity contribution >= 4 is 39.3 Å². The van der Waals surface area contributed by atoms with Crippen LogP contribution in [0.1, 0.15) is 16.3 Å². The van der Waals surface area contributed by atoms with Crippen LogP contribution in [0, 0.1) is 0 Å². The van der Waals surface area contributed by atoms with Crippen LogP contribution in [0.2, 0.25) is 0 Å². The summed E-state index contributed by atoms with van der Waals surface area (Å²) < 4.78 is 5.21. The number of aromatic amines is 1. The van der Waals surface area contributed by atoms with E-state index in [2.05, 4.69) is 9.97 Å². The van der Waals surface area contributed by atoms with Crippen molar-refractivity contribution in [2.24, 2.45) is 0 Å². The molecule has 0 amide bonds. The molecule has 4 aromatic rings. The number of aromatic nitrogens is 2. The van der Waals surface area contributed by atoms with Crippen molar-refractivity contribution in [3.05, 3.63) is 69.7 Å². The third-order valence-corrected chi connectivity index (χ3v) is 5.50. The van der Waals surface area contributed by atoms with Crippen molar-refractivity contribution < 1.29 is 14.3 Å². The predicted octanol–water partition coefficient (Wildman–Crippen LogP) is 4.24. The van der Waals surface area contributed by atoms with E-state index < -0.39 is 5.97 Å². The fourth-order valence-corrected chi connectivity index (χ4v) is 4.30. The zero-order valence-corrected chi connectivity index (χ0v) is 14.9. The van der Waals surface area contributed by atoms with Crippen LogP contribution in [-0.4, -0.2) is 21.0 Å². The lowest BCUT2D eigenvalue weighted by molar-refractivity contribution is 0.0661. The second kappa shape index (κ2) is 6.81. The van der Waals surface area contributed by atoms with Gasteiger partial charge in [-0.25, -0.2) is 9.78 Å². The molecule has 2 N–H and O–H groups in total. The Morgan fingerprint density at radius 3 is 2.77 bits per heavy atom. The van der Waals surface area contributed by atoms with Gasteiger partial charge in [-0.15, -0.1) is 11.3 Å². The lowest BCUT2D eigenvalue weighted by Crippen LogP contribution is -2.08. The zero-order chi connectivity index (χ0) is 18.1. The Morgan fingerprint density at radius 1 is 1.23 bits per heavy atom. The Balaban J connectivity index is 1.61. The molecule has 0 bridgehead atoms. The number of rotatable bonds is 5. The van der Waals surface area contributed by atoms with Crippen LogP contribution in [-0.2, 0) is 5.75 Å². The van der Waals surface area contributed by atoms with E-state index in [0.717, 1.165) is 11.1 Å². The molecule has 130 valence electrons. The fraction of sp³-hybridized carbons (Fsp3) is 0.0556. The molecule has 0 atom stereocenters. The molecule has 26 heavy (non-hydrogen) atoms. The van der Waals surface area contributed by atoms with Crippen molar-refractivity contribution in [2.45, 2.75) is 10.9 Å². The number of carboxylic acids is 1. The highest BCUT2D eigenvalue weighted by atomic mass is 32.2. The number of fused-ring (bicyclic) bond motifs is 1. The Morgan fingerprint density at radius 2 is 2.04 bits per heavy atom. The van der Waals surface area contributed by atoms with Crippen molar-refractivity contribution in [1.82, 2.24) is 9.97 Å². The van der Waals surface area contributed by atoms with E-state index in [0.29, 0.717) is 26.9 Å². The van der Waals surface area contributed by atoms with Crippen LogP contribution in [0.5, 0.6) is 0 Å². The quantitative estimate of drug-likeness (QED) is 0.395. The summed E-state index contributed by atoms with van der Waals surface area (Å²) in [5.41, 5.74) is 1.65. The first kappa shape index (κ1) is 16.6. The van der Waals surface area contributed by atoms with Crippen LogP contribution in [0.4, 0.5) is 0 Å². The first-order valence-corrected chi connectivity index (χ1v) is 9.50. The van der Waals surface area contributed by atoms with Gasteiger partial charge in [0.25, 0.3) is 5.56 Å². The largest absolute Gasteiger partial charge is 0.475 e. The lowest BCUT2D eigenvalue weighted by atomic mass is 10.1. The molecule has 0 saturated heterocycles. The Labute approximate surface area is 155 Å². The minimum Gasteiger partial charge on any atom is -0.475 e. The Bertz CT molecular complexity index is 1140. The third kappa shape index (κ3) is 3.16. The molecule has 0 fully saturated rings. The summed E-state index contributed by atoms with van der Waals surface area (Å²) >= 11 is 2.71. The number of nitrogens with zero attached hydrogens (tertiary/aromatic N) is 1. The number of hydrogen-bond acceptors (Lipinski definition) is 6. The summed E-state index contributed by atoms with van der Waals surface area (Å²) in [6.45, 7) is 0. The monoisotopic (exact) mass is 384 g/mol. The van der Waals surface area contributed by atoms with Gasteiger partial charge in [0.1, 0.15) is 10.6 Å². The van der Waals surface area contributed by atoms with E-state index >= 15 is 0 Å². The van der Waals surface area contributed by atoms with E-state index in [4.69, 9.17) is 9.52 Å². The highest BCUT2D eigenvalue weighted by Crippen LogP contribution is 2.31. The standard InChI is InChI=1S/C18H12N2O4S2/c21-15-14-12(10-4-2-1-3-5-10)9-25-16(14)20-18(19-15)26-8-11-6-7-13(24-11)17(22)23/h1-7,9H,8H2,(H,22,23)(H,19,20,21). The minimum atomic E-state index is -1.11. The normalized spacial score (nSPS) is 11.1. The highest BCUT2D eigenvalue weighted by Gasteiger charge is 2.14. The predicted molar refractivity (Wildman–Crippen MR) is 101 cm³/mol. The maximum atomic E-state index is 12.6. The van der Waals surface area contributed by atoms with Gasteiger partial charge in [0, 0.05) is 10.9 Å². The number of carboxylic acid groups (broad SMARTS) is 1. The molecule has 3 heterocycles. The maximum absolute atomic E-state index is 12.6. The number of nitrogens with one attached hydrogen (secondary N) is 1. The molecule has 3 aromatic heterocycles. The molecule has 4 rings (SSSR count). The number of carbonyl (C=O) groups is 1.